The molecule has 2 rings (SSSR count). The second-order valence-electron chi connectivity index (χ2n) is 5.43. The number of benzene rings is 2. The van der Waals surface area contributed by atoms with Crippen LogP contribution in [-0.2, 0) is 24.4 Å². The molecular weight excluding hydrogens is 258 g/mol. The molecule has 0 aliphatic rings. The van der Waals surface area contributed by atoms with Crippen molar-refractivity contribution in [2.45, 2.75) is 40.5 Å². The highest BCUT2D eigenvalue weighted by Crippen LogP contribution is 2.12. The minimum Gasteiger partial charge on any atom is -0.377 e. The fraction of sp³-hybridized carbons (Fsp3) is 0.368. The number of nitrogens with one attached hydrogen (secondary N) is 1. The molecule has 0 fully saturated rings. The van der Waals surface area contributed by atoms with Gasteiger partial charge in [-0.15, -0.1) is 0 Å². The Morgan fingerprint density at radius 2 is 1.67 bits per heavy atom. The molecule has 0 aliphatic heterocycles. The molecule has 2 nitrogen and oxygen atoms in total. The van der Waals surface area contributed by atoms with Crippen molar-refractivity contribution in [1.82, 2.24) is 5.32 Å². The molecule has 112 valence electrons. The lowest BCUT2D eigenvalue weighted by Crippen LogP contribution is -2.14. The summed E-state index contributed by atoms with van der Waals surface area (Å²) in [6.45, 7) is 9.55. The third kappa shape index (κ3) is 4.69. The van der Waals surface area contributed by atoms with Crippen LogP contribution >= 0.6 is 0 Å². The fourth-order valence-corrected chi connectivity index (χ4v) is 2.34. The molecule has 0 bridgehead atoms. The van der Waals surface area contributed by atoms with E-state index in [9.17, 15) is 0 Å². The molecule has 0 saturated heterocycles. The van der Waals surface area contributed by atoms with E-state index >= 15 is 0 Å². The summed E-state index contributed by atoms with van der Waals surface area (Å²) in [5.74, 6) is 0. The monoisotopic (exact) mass is 283 g/mol. The number of rotatable bonds is 7. The van der Waals surface area contributed by atoms with Crippen molar-refractivity contribution in [3.05, 3.63) is 70.3 Å². The van der Waals surface area contributed by atoms with E-state index in [1.54, 1.807) is 0 Å². The third-order valence-electron chi connectivity index (χ3n) is 3.80. The molecule has 21 heavy (non-hydrogen) atoms. The number of hydrogen-bond donors (Lipinski definition) is 1. The van der Waals surface area contributed by atoms with Crippen molar-refractivity contribution in [2.24, 2.45) is 0 Å². The van der Waals surface area contributed by atoms with Crippen LogP contribution < -0.4 is 5.32 Å². The Balaban J connectivity index is 1.92. The van der Waals surface area contributed by atoms with Gasteiger partial charge < -0.3 is 10.1 Å². The van der Waals surface area contributed by atoms with E-state index in [0.29, 0.717) is 6.61 Å². The molecule has 0 unspecified atom stereocenters. The first-order chi connectivity index (χ1) is 10.2. The van der Waals surface area contributed by atoms with Crippen molar-refractivity contribution in [1.29, 1.82) is 0 Å². The Morgan fingerprint density at radius 3 is 2.38 bits per heavy atom. The van der Waals surface area contributed by atoms with E-state index < -0.39 is 0 Å². The fourth-order valence-electron chi connectivity index (χ4n) is 2.34. The van der Waals surface area contributed by atoms with Crippen LogP contribution in [-0.4, -0.2) is 6.61 Å². The van der Waals surface area contributed by atoms with Gasteiger partial charge in [0.25, 0.3) is 0 Å². The minimum absolute atomic E-state index is 0.692. The Labute approximate surface area is 128 Å². The summed E-state index contributed by atoms with van der Waals surface area (Å²) < 4.78 is 5.53. The van der Waals surface area contributed by atoms with Crippen molar-refractivity contribution < 1.29 is 4.74 Å². The Hall–Kier alpha value is -1.64. The Bertz CT molecular complexity index is 578. The molecule has 0 aliphatic carbocycles. The molecule has 0 aromatic heterocycles. The van der Waals surface area contributed by atoms with Gasteiger partial charge in [0.05, 0.1) is 6.61 Å². The van der Waals surface area contributed by atoms with E-state index in [1.807, 2.05) is 6.92 Å². The van der Waals surface area contributed by atoms with Crippen LogP contribution in [0.5, 0.6) is 0 Å². The predicted molar refractivity (Wildman–Crippen MR) is 88.2 cm³/mol. The van der Waals surface area contributed by atoms with Gasteiger partial charge in [0, 0.05) is 19.7 Å². The van der Waals surface area contributed by atoms with Crippen LogP contribution in [0.2, 0.25) is 0 Å². The van der Waals surface area contributed by atoms with Gasteiger partial charge in [0.1, 0.15) is 0 Å². The number of aryl methyl sites for hydroxylation is 2. The standard InChI is InChI=1S/C19H25NO/c1-4-21-14-19-8-6-5-7-18(19)13-20-12-17-10-9-15(2)16(3)11-17/h5-11,20H,4,12-14H2,1-3H3. The van der Waals surface area contributed by atoms with Gasteiger partial charge in [0.2, 0.25) is 0 Å². The summed E-state index contributed by atoms with van der Waals surface area (Å²) in [7, 11) is 0. The maximum atomic E-state index is 5.53. The molecular formula is C19H25NO. The van der Waals surface area contributed by atoms with Crippen LogP contribution in [0.25, 0.3) is 0 Å². The first-order valence-corrected chi connectivity index (χ1v) is 7.62. The molecule has 1 N–H and O–H groups in total. The van der Waals surface area contributed by atoms with E-state index in [-0.39, 0.29) is 0 Å². The smallest absolute Gasteiger partial charge is 0.0719 e. The lowest BCUT2D eigenvalue weighted by molar-refractivity contribution is 0.133. The van der Waals surface area contributed by atoms with Gasteiger partial charge in [0.15, 0.2) is 0 Å². The van der Waals surface area contributed by atoms with Gasteiger partial charge in [-0.3, -0.25) is 0 Å². The Kier molecular flexibility index (Phi) is 5.97. The average molecular weight is 283 g/mol. The second kappa shape index (κ2) is 7.96. The number of hydrogen-bond acceptors (Lipinski definition) is 2. The molecule has 0 heterocycles. The van der Waals surface area contributed by atoms with E-state index in [4.69, 9.17) is 4.74 Å². The summed E-state index contributed by atoms with van der Waals surface area (Å²) in [5, 5.41) is 3.53. The van der Waals surface area contributed by atoms with Crippen molar-refractivity contribution in [3.63, 3.8) is 0 Å². The normalized spacial score (nSPS) is 10.8. The molecule has 2 heteroatoms. The molecule has 2 aromatic rings. The van der Waals surface area contributed by atoms with Crippen LogP contribution in [0.15, 0.2) is 42.5 Å². The second-order valence-corrected chi connectivity index (χ2v) is 5.43. The number of ether oxygens (including phenoxy) is 1. The van der Waals surface area contributed by atoms with Crippen LogP contribution in [0.4, 0.5) is 0 Å². The van der Waals surface area contributed by atoms with Gasteiger partial charge in [-0.25, -0.2) is 0 Å². The first kappa shape index (κ1) is 15.7. The highest BCUT2D eigenvalue weighted by atomic mass is 16.5. The lowest BCUT2D eigenvalue weighted by atomic mass is 10.1. The first-order valence-electron chi connectivity index (χ1n) is 7.62. The highest BCUT2D eigenvalue weighted by Gasteiger charge is 2.02. The van der Waals surface area contributed by atoms with E-state index in [1.165, 1.54) is 27.8 Å². The summed E-state index contributed by atoms with van der Waals surface area (Å²) in [5.41, 5.74) is 6.62. The SMILES string of the molecule is CCOCc1ccccc1CNCc1ccc(C)c(C)c1. The lowest BCUT2D eigenvalue weighted by Gasteiger charge is -2.11. The molecule has 0 radical (unpaired) electrons. The quantitative estimate of drug-likeness (QED) is 0.825. The van der Waals surface area contributed by atoms with E-state index in [2.05, 4.69) is 61.6 Å². The topological polar surface area (TPSA) is 21.3 Å². The predicted octanol–water partition coefficient (Wildman–Crippen LogP) is 4.13. The molecule has 0 amide bonds. The third-order valence-corrected chi connectivity index (χ3v) is 3.80. The molecule has 0 atom stereocenters. The Morgan fingerprint density at radius 1 is 0.905 bits per heavy atom. The van der Waals surface area contributed by atoms with Gasteiger partial charge >= 0.3 is 0 Å². The largest absolute Gasteiger partial charge is 0.377 e. The summed E-state index contributed by atoms with van der Waals surface area (Å²) in [6.07, 6.45) is 0. The van der Waals surface area contributed by atoms with Gasteiger partial charge in [-0.05, 0) is 48.6 Å². The maximum absolute atomic E-state index is 5.53. The van der Waals surface area contributed by atoms with Crippen molar-refractivity contribution >= 4 is 0 Å². The summed E-state index contributed by atoms with van der Waals surface area (Å²) in [4.78, 5) is 0. The van der Waals surface area contributed by atoms with Crippen LogP contribution in [0.3, 0.4) is 0 Å². The van der Waals surface area contributed by atoms with Crippen molar-refractivity contribution in [2.75, 3.05) is 6.61 Å². The van der Waals surface area contributed by atoms with Crippen LogP contribution in [0.1, 0.15) is 34.7 Å². The maximum Gasteiger partial charge on any atom is 0.0719 e. The zero-order chi connectivity index (χ0) is 15.1. The minimum atomic E-state index is 0.692. The van der Waals surface area contributed by atoms with Crippen molar-refractivity contribution in [3.8, 4) is 0 Å². The zero-order valence-corrected chi connectivity index (χ0v) is 13.3. The molecule has 0 spiro atoms. The van der Waals surface area contributed by atoms with Gasteiger partial charge in [-0.2, -0.15) is 0 Å². The summed E-state index contributed by atoms with van der Waals surface area (Å²) in [6, 6.07) is 15.1. The average Bonchev–Trinajstić information content (AvgIpc) is 2.50. The van der Waals surface area contributed by atoms with Crippen LogP contribution in [0, 0.1) is 13.8 Å². The van der Waals surface area contributed by atoms with Gasteiger partial charge in [-0.1, -0.05) is 42.5 Å². The van der Waals surface area contributed by atoms with E-state index in [0.717, 1.165) is 19.7 Å². The molecule has 0 saturated carbocycles. The summed E-state index contributed by atoms with van der Waals surface area (Å²) >= 11 is 0. The zero-order valence-electron chi connectivity index (χ0n) is 13.3. The molecule has 2 aromatic carbocycles. The highest BCUT2D eigenvalue weighted by molar-refractivity contribution is 5.30.